The van der Waals surface area contributed by atoms with Crippen molar-refractivity contribution in [1.29, 1.82) is 0 Å². The largest absolute Gasteiger partial charge is 0.340 e. The number of piperazine rings is 1. The molecule has 0 spiro atoms. The Bertz CT molecular complexity index is 1070. The van der Waals surface area contributed by atoms with Gasteiger partial charge >= 0.3 is 0 Å². The Morgan fingerprint density at radius 2 is 1.29 bits per heavy atom. The van der Waals surface area contributed by atoms with Gasteiger partial charge in [0, 0.05) is 52.2 Å². The van der Waals surface area contributed by atoms with Gasteiger partial charge in [0.05, 0.1) is 10.6 Å². The fraction of sp³-hybridized carbons (Fsp3) is 0.519. The van der Waals surface area contributed by atoms with Crippen LogP contribution in [-0.2, 0) is 14.8 Å². The van der Waals surface area contributed by atoms with Gasteiger partial charge in [0.15, 0.2) is 0 Å². The van der Waals surface area contributed by atoms with Crippen molar-refractivity contribution in [2.45, 2.75) is 38.0 Å². The lowest BCUT2D eigenvalue weighted by Crippen LogP contribution is -2.50. The zero-order valence-electron chi connectivity index (χ0n) is 21.0. The van der Waals surface area contributed by atoms with E-state index in [1.165, 1.54) is 30.2 Å². The molecule has 0 atom stereocenters. The fourth-order valence-electron chi connectivity index (χ4n) is 4.80. The molecule has 2 heterocycles. The molecule has 8 heteroatoms. The Labute approximate surface area is 210 Å². The summed E-state index contributed by atoms with van der Waals surface area (Å²) < 4.78 is 28.4. The van der Waals surface area contributed by atoms with Crippen molar-refractivity contribution in [2.24, 2.45) is 0 Å². The van der Waals surface area contributed by atoms with Crippen LogP contribution in [0.15, 0.2) is 53.4 Å². The van der Waals surface area contributed by atoms with E-state index in [1.807, 2.05) is 43.0 Å². The number of amides is 1. The lowest BCUT2D eigenvalue weighted by Gasteiger charge is -2.36. The minimum Gasteiger partial charge on any atom is -0.340 e. The van der Waals surface area contributed by atoms with Gasteiger partial charge in [-0.3, -0.25) is 14.0 Å². The van der Waals surface area contributed by atoms with Crippen LogP contribution in [-0.4, -0.2) is 87.9 Å². The standard InChI is InChI=1S/C27H38N4O3S/c1-23-5-9-25(10-6-23)31(35(33,34)26-11-7-24(2)8-12-26)16-13-27(32)30-21-19-29(20-22-30)18-17-28-14-3-4-15-28/h5-12H,3-4,13-22H2,1-2H3. The number of sulfonamides is 1. The fourth-order valence-corrected chi connectivity index (χ4v) is 6.27. The predicted molar refractivity (Wildman–Crippen MR) is 140 cm³/mol. The van der Waals surface area contributed by atoms with Crippen LogP contribution in [0.1, 0.15) is 30.4 Å². The molecule has 2 saturated heterocycles. The number of hydrogen-bond acceptors (Lipinski definition) is 5. The Hall–Kier alpha value is -2.42. The Balaban J connectivity index is 1.37. The number of hydrogen-bond donors (Lipinski definition) is 0. The van der Waals surface area contributed by atoms with Crippen LogP contribution in [0.3, 0.4) is 0 Å². The smallest absolute Gasteiger partial charge is 0.264 e. The molecular weight excluding hydrogens is 460 g/mol. The van der Waals surface area contributed by atoms with Gasteiger partial charge in [-0.15, -0.1) is 0 Å². The Morgan fingerprint density at radius 3 is 1.86 bits per heavy atom. The normalized spacial score (nSPS) is 17.6. The van der Waals surface area contributed by atoms with E-state index in [2.05, 4.69) is 9.80 Å². The molecular formula is C27H38N4O3S. The summed E-state index contributed by atoms with van der Waals surface area (Å²) in [5.74, 6) is 0.0143. The minimum absolute atomic E-state index is 0.0143. The molecule has 7 nitrogen and oxygen atoms in total. The molecule has 2 aromatic carbocycles. The molecule has 0 radical (unpaired) electrons. The van der Waals surface area contributed by atoms with Crippen molar-refractivity contribution in [3.8, 4) is 0 Å². The average molecular weight is 499 g/mol. The molecule has 0 aromatic heterocycles. The van der Waals surface area contributed by atoms with Crippen LogP contribution >= 0.6 is 0 Å². The Morgan fingerprint density at radius 1 is 0.771 bits per heavy atom. The van der Waals surface area contributed by atoms with E-state index < -0.39 is 10.0 Å². The Kier molecular flexibility index (Phi) is 8.46. The molecule has 2 fully saturated rings. The van der Waals surface area contributed by atoms with E-state index in [9.17, 15) is 13.2 Å². The molecule has 0 N–H and O–H groups in total. The number of nitrogens with zero attached hydrogens (tertiary/aromatic N) is 4. The first kappa shape index (κ1) is 25.7. The monoisotopic (exact) mass is 498 g/mol. The molecule has 0 bridgehead atoms. The van der Waals surface area contributed by atoms with Crippen LogP contribution < -0.4 is 4.31 Å². The van der Waals surface area contributed by atoms with Crippen LogP contribution in [0, 0.1) is 13.8 Å². The van der Waals surface area contributed by atoms with Gasteiger partial charge in [-0.2, -0.15) is 0 Å². The summed E-state index contributed by atoms with van der Waals surface area (Å²) in [5, 5.41) is 0. The van der Waals surface area contributed by atoms with Gasteiger partial charge in [-0.25, -0.2) is 8.42 Å². The van der Waals surface area contributed by atoms with Crippen molar-refractivity contribution in [2.75, 3.05) is 63.2 Å². The highest BCUT2D eigenvalue weighted by Gasteiger charge is 2.27. The first-order chi connectivity index (χ1) is 16.8. The summed E-state index contributed by atoms with van der Waals surface area (Å²) >= 11 is 0. The number of carbonyl (C=O) groups is 1. The summed E-state index contributed by atoms with van der Waals surface area (Å²) in [7, 11) is -3.78. The summed E-state index contributed by atoms with van der Waals surface area (Å²) in [5.41, 5.74) is 2.64. The molecule has 35 heavy (non-hydrogen) atoms. The van der Waals surface area contributed by atoms with E-state index in [-0.39, 0.29) is 23.8 Å². The van der Waals surface area contributed by atoms with Crippen LogP contribution in [0.4, 0.5) is 5.69 Å². The zero-order valence-corrected chi connectivity index (χ0v) is 21.8. The van der Waals surface area contributed by atoms with Crippen molar-refractivity contribution in [3.05, 3.63) is 59.7 Å². The number of rotatable bonds is 9. The van der Waals surface area contributed by atoms with Gasteiger partial charge in [-0.1, -0.05) is 35.4 Å². The summed E-state index contributed by atoms with van der Waals surface area (Å²) in [6.07, 6.45) is 2.77. The molecule has 190 valence electrons. The molecule has 2 aliphatic rings. The lowest BCUT2D eigenvalue weighted by molar-refractivity contribution is -0.132. The van der Waals surface area contributed by atoms with Crippen molar-refractivity contribution >= 4 is 21.6 Å². The van der Waals surface area contributed by atoms with Crippen molar-refractivity contribution in [1.82, 2.24) is 14.7 Å². The van der Waals surface area contributed by atoms with E-state index in [4.69, 9.17) is 0 Å². The van der Waals surface area contributed by atoms with Gasteiger partial charge in [0.2, 0.25) is 5.91 Å². The summed E-state index contributed by atoms with van der Waals surface area (Å²) in [4.78, 5) is 20.1. The highest BCUT2D eigenvalue weighted by atomic mass is 32.2. The lowest BCUT2D eigenvalue weighted by atomic mass is 10.2. The third-order valence-corrected chi connectivity index (χ3v) is 8.96. The second kappa shape index (κ2) is 11.5. The topological polar surface area (TPSA) is 64.2 Å². The first-order valence-corrected chi connectivity index (χ1v) is 14.2. The van der Waals surface area contributed by atoms with E-state index in [1.54, 1.807) is 24.3 Å². The maximum absolute atomic E-state index is 13.5. The molecule has 2 aromatic rings. The number of anilines is 1. The zero-order chi connectivity index (χ0) is 24.8. The maximum atomic E-state index is 13.5. The van der Waals surface area contributed by atoms with E-state index in [0.29, 0.717) is 18.8 Å². The summed E-state index contributed by atoms with van der Waals surface area (Å²) in [6, 6.07) is 14.3. The molecule has 0 unspecified atom stereocenters. The van der Waals surface area contributed by atoms with Crippen LogP contribution in [0.5, 0.6) is 0 Å². The van der Waals surface area contributed by atoms with Gasteiger partial charge in [0.1, 0.15) is 0 Å². The van der Waals surface area contributed by atoms with E-state index >= 15 is 0 Å². The minimum atomic E-state index is -3.78. The SMILES string of the molecule is Cc1ccc(N(CCC(=O)N2CCN(CCN3CCCC3)CC2)S(=O)(=O)c2ccc(C)cc2)cc1. The third-order valence-electron chi connectivity index (χ3n) is 7.12. The van der Waals surface area contributed by atoms with Gasteiger partial charge in [0.25, 0.3) is 10.0 Å². The van der Waals surface area contributed by atoms with Crippen LogP contribution in [0.2, 0.25) is 0 Å². The second-order valence-electron chi connectivity index (χ2n) is 9.75. The quantitative estimate of drug-likeness (QED) is 0.532. The van der Waals surface area contributed by atoms with Crippen molar-refractivity contribution in [3.63, 3.8) is 0 Å². The summed E-state index contributed by atoms with van der Waals surface area (Å²) in [6.45, 7) is 11.8. The number of aryl methyl sites for hydroxylation is 2. The number of carbonyl (C=O) groups excluding carboxylic acids is 1. The van der Waals surface area contributed by atoms with Gasteiger partial charge < -0.3 is 9.80 Å². The van der Waals surface area contributed by atoms with Crippen LogP contribution in [0.25, 0.3) is 0 Å². The van der Waals surface area contributed by atoms with Gasteiger partial charge in [-0.05, 0) is 64.0 Å². The highest BCUT2D eigenvalue weighted by molar-refractivity contribution is 7.92. The average Bonchev–Trinajstić information content (AvgIpc) is 3.38. The maximum Gasteiger partial charge on any atom is 0.264 e. The van der Waals surface area contributed by atoms with Crippen molar-refractivity contribution < 1.29 is 13.2 Å². The molecule has 0 aliphatic carbocycles. The number of benzene rings is 2. The molecule has 1 amide bonds. The second-order valence-corrected chi connectivity index (χ2v) is 11.6. The predicted octanol–water partition coefficient (Wildman–Crippen LogP) is 3.13. The molecule has 4 rings (SSSR count). The molecule has 0 saturated carbocycles. The molecule has 2 aliphatic heterocycles. The third kappa shape index (κ3) is 6.63. The van der Waals surface area contributed by atoms with E-state index in [0.717, 1.165) is 37.3 Å². The number of likely N-dealkylation sites (tertiary alicyclic amines) is 1. The first-order valence-electron chi connectivity index (χ1n) is 12.7. The highest BCUT2D eigenvalue weighted by Crippen LogP contribution is 2.25.